The number of rotatable bonds is 12. The van der Waals surface area contributed by atoms with Gasteiger partial charge in [-0.1, -0.05) is 136 Å². The Bertz CT molecular complexity index is 3180. The molecule has 4 heterocycles. The lowest BCUT2D eigenvalue weighted by atomic mass is 10.0. The molecule has 62 heavy (non-hydrogen) atoms. The van der Waals surface area contributed by atoms with Gasteiger partial charge in [0.1, 0.15) is 10.0 Å². The average Bonchev–Trinajstić information content (AvgIpc) is 4.09. The van der Waals surface area contributed by atoms with Gasteiger partial charge in [0.15, 0.2) is 0 Å². The molecule has 6 heteroatoms. The van der Waals surface area contributed by atoms with E-state index in [-0.39, 0.29) is 0 Å². The molecule has 0 atom stereocenters. The highest BCUT2D eigenvalue weighted by atomic mass is 32.1. The van der Waals surface area contributed by atoms with E-state index in [0.29, 0.717) is 0 Å². The van der Waals surface area contributed by atoms with Crippen molar-refractivity contribution in [2.45, 2.75) is 52.6 Å². The molecule has 0 aliphatic rings. The van der Waals surface area contributed by atoms with Crippen molar-refractivity contribution in [3.63, 3.8) is 0 Å². The number of fused-ring (bicyclic) bond motifs is 8. The zero-order valence-corrected chi connectivity index (χ0v) is 36.6. The molecule has 4 nitrogen and oxygen atoms in total. The molecule has 11 rings (SSSR count). The van der Waals surface area contributed by atoms with Crippen LogP contribution in [0.15, 0.2) is 146 Å². The third-order valence-corrected chi connectivity index (χ3v) is 14.4. The highest BCUT2D eigenvalue weighted by molar-refractivity contribution is 7.22. The predicted molar refractivity (Wildman–Crippen MR) is 270 cm³/mol. The summed E-state index contributed by atoms with van der Waals surface area (Å²) in [5.74, 6) is 0. The van der Waals surface area contributed by atoms with Crippen molar-refractivity contribution in [2.24, 2.45) is 0 Å². The van der Waals surface area contributed by atoms with Crippen LogP contribution in [0, 0.1) is 0 Å². The van der Waals surface area contributed by atoms with Gasteiger partial charge in [0.2, 0.25) is 0 Å². The molecule has 4 aromatic heterocycles. The second-order valence-electron chi connectivity index (χ2n) is 16.3. The van der Waals surface area contributed by atoms with Gasteiger partial charge in [0, 0.05) is 67.8 Å². The van der Waals surface area contributed by atoms with Crippen molar-refractivity contribution in [3.8, 4) is 21.1 Å². The minimum Gasteiger partial charge on any atom is -0.340 e. The van der Waals surface area contributed by atoms with E-state index in [9.17, 15) is 0 Å². The minimum atomic E-state index is 0.998. The molecule has 7 aromatic carbocycles. The SMILES string of the molecule is CCCCn1c2ccc(/C=C/c3ccc(-c4nc5ccccc5s4)cc3)cc2c2cc3c(cc21)c1cc(/C=C/c2ccc(-c4nc5ccccc5s4)cc2)ccc1n3CCCC. The number of benzene rings is 7. The fourth-order valence-corrected chi connectivity index (χ4v) is 10.8. The molecule has 0 saturated carbocycles. The van der Waals surface area contributed by atoms with Crippen molar-refractivity contribution in [1.29, 1.82) is 0 Å². The summed E-state index contributed by atoms with van der Waals surface area (Å²) in [4.78, 5) is 9.72. The normalized spacial score (nSPS) is 12.3. The van der Waals surface area contributed by atoms with E-state index < -0.39 is 0 Å². The van der Waals surface area contributed by atoms with Crippen LogP contribution in [0.25, 0.3) is 109 Å². The van der Waals surface area contributed by atoms with Crippen molar-refractivity contribution in [1.82, 2.24) is 19.1 Å². The highest BCUT2D eigenvalue weighted by Gasteiger charge is 2.18. The molecule has 0 amide bonds. The lowest BCUT2D eigenvalue weighted by Gasteiger charge is -2.08. The molecule has 0 radical (unpaired) electrons. The Morgan fingerprint density at radius 2 is 0.806 bits per heavy atom. The number of hydrogen-bond donors (Lipinski definition) is 0. The van der Waals surface area contributed by atoms with E-state index in [1.54, 1.807) is 22.7 Å². The minimum absolute atomic E-state index is 0.998. The van der Waals surface area contributed by atoms with Gasteiger partial charge in [-0.15, -0.1) is 22.7 Å². The molecule has 0 fully saturated rings. The zero-order chi connectivity index (χ0) is 41.6. The van der Waals surface area contributed by atoms with Crippen LogP contribution in [0.2, 0.25) is 0 Å². The molecule has 0 aliphatic carbocycles. The first-order valence-corrected chi connectivity index (χ1v) is 23.5. The Labute approximate surface area is 369 Å². The Kier molecular flexibility index (Phi) is 10.1. The summed E-state index contributed by atoms with van der Waals surface area (Å²) >= 11 is 3.49. The Morgan fingerprint density at radius 1 is 0.419 bits per heavy atom. The van der Waals surface area contributed by atoms with Gasteiger partial charge in [-0.05, 0) is 95.8 Å². The Hall–Kier alpha value is -6.60. The first-order valence-electron chi connectivity index (χ1n) is 21.9. The van der Waals surface area contributed by atoms with Gasteiger partial charge in [-0.25, -0.2) is 9.97 Å². The van der Waals surface area contributed by atoms with E-state index in [0.717, 1.165) is 70.9 Å². The number of hydrogen-bond acceptors (Lipinski definition) is 4. The standard InChI is InChI=1S/C56H46N4S2/c1-3-5-31-59-49-29-23-39(17-15-37-19-25-41(26-20-37)55-57-47-11-7-9-13-53(47)61-55)33-43(49)45-36-52-46(35-51(45)59)44-34-40(24-30-50(44)60(52)32-6-4-2)18-16-38-21-27-42(28-22-38)56-58-48-12-8-10-14-54(48)62-56/h7-30,33-36H,3-6,31-32H2,1-2H3/b17-15+,18-16+. The number of unbranched alkanes of at least 4 members (excludes halogenated alkanes) is 2. The number of aryl methyl sites for hydroxylation is 2. The van der Waals surface area contributed by atoms with Gasteiger partial charge in [-0.3, -0.25) is 0 Å². The fourth-order valence-electron chi connectivity index (χ4n) is 8.90. The summed E-state index contributed by atoms with van der Waals surface area (Å²) in [7, 11) is 0. The lowest BCUT2D eigenvalue weighted by Crippen LogP contribution is -1.98. The van der Waals surface area contributed by atoms with E-state index >= 15 is 0 Å². The third kappa shape index (κ3) is 7.13. The molecular weight excluding hydrogens is 793 g/mol. The van der Waals surface area contributed by atoms with Crippen LogP contribution in [-0.4, -0.2) is 19.1 Å². The maximum atomic E-state index is 4.86. The molecule has 0 N–H and O–H groups in total. The van der Waals surface area contributed by atoms with E-state index in [4.69, 9.17) is 9.97 Å². The maximum Gasteiger partial charge on any atom is 0.124 e. The van der Waals surface area contributed by atoms with Crippen LogP contribution in [0.3, 0.4) is 0 Å². The second kappa shape index (κ2) is 16.4. The quantitative estimate of drug-likeness (QED) is 0.115. The number of para-hydroxylation sites is 2. The smallest absolute Gasteiger partial charge is 0.124 e. The number of nitrogens with zero attached hydrogens (tertiary/aromatic N) is 4. The summed E-state index contributed by atoms with van der Waals surface area (Å²) < 4.78 is 7.58. The van der Waals surface area contributed by atoms with Crippen LogP contribution in [0.5, 0.6) is 0 Å². The molecule has 0 saturated heterocycles. The van der Waals surface area contributed by atoms with Crippen LogP contribution in [0.1, 0.15) is 61.8 Å². The molecule has 302 valence electrons. The Morgan fingerprint density at radius 3 is 1.23 bits per heavy atom. The van der Waals surface area contributed by atoms with Crippen molar-refractivity contribution < 1.29 is 0 Å². The van der Waals surface area contributed by atoms with Crippen LogP contribution in [0.4, 0.5) is 0 Å². The number of thiazole rings is 2. The highest BCUT2D eigenvalue weighted by Crippen LogP contribution is 2.39. The lowest BCUT2D eigenvalue weighted by molar-refractivity contribution is 0.663. The van der Waals surface area contributed by atoms with Gasteiger partial charge in [0.05, 0.1) is 20.4 Å². The van der Waals surface area contributed by atoms with Crippen LogP contribution < -0.4 is 0 Å². The van der Waals surface area contributed by atoms with Crippen molar-refractivity contribution >= 4 is 111 Å². The molecule has 0 aliphatic heterocycles. The average molecular weight is 839 g/mol. The third-order valence-electron chi connectivity index (χ3n) is 12.2. The molecular formula is C56H46N4S2. The molecule has 0 bridgehead atoms. The molecule has 0 unspecified atom stereocenters. The summed E-state index contributed by atoms with van der Waals surface area (Å²) in [6, 6.07) is 53.2. The summed E-state index contributed by atoms with van der Waals surface area (Å²) in [6.07, 6.45) is 13.5. The molecule has 11 aromatic rings. The van der Waals surface area contributed by atoms with Crippen LogP contribution >= 0.6 is 22.7 Å². The van der Waals surface area contributed by atoms with E-state index in [1.807, 2.05) is 0 Å². The first kappa shape index (κ1) is 38.3. The van der Waals surface area contributed by atoms with Gasteiger partial charge in [-0.2, -0.15) is 0 Å². The van der Waals surface area contributed by atoms with E-state index in [1.165, 1.54) is 75.3 Å². The monoisotopic (exact) mass is 838 g/mol. The molecule has 0 spiro atoms. The second-order valence-corrected chi connectivity index (χ2v) is 18.4. The van der Waals surface area contributed by atoms with Crippen molar-refractivity contribution in [3.05, 3.63) is 168 Å². The largest absolute Gasteiger partial charge is 0.340 e. The summed E-state index contributed by atoms with van der Waals surface area (Å²) in [5.41, 5.74) is 14.4. The summed E-state index contributed by atoms with van der Waals surface area (Å²) in [6.45, 7) is 6.57. The topological polar surface area (TPSA) is 35.6 Å². The fraction of sp³-hybridized carbons (Fsp3) is 0.143. The summed E-state index contributed by atoms with van der Waals surface area (Å²) in [5, 5.41) is 7.41. The van der Waals surface area contributed by atoms with Gasteiger partial charge >= 0.3 is 0 Å². The van der Waals surface area contributed by atoms with E-state index in [2.05, 4.69) is 193 Å². The maximum absolute atomic E-state index is 4.86. The first-order chi connectivity index (χ1) is 30.6. The van der Waals surface area contributed by atoms with Gasteiger partial charge < -0.3 is 9.13 Å². The van der Waals surface area contributed by atoms with Gasteiger partial charge in [0.25, 0.3) is 0 Å². The predicted octanol–water partition coefficient (Wildman–Crippen LogP) is 16.4. The number of aromatic nitrogens is 4. The van der Waals surface area contributed by atoms with Crippen LogP contribution in [-0.2, 0) is 13.1 Å². The Balaban J connectivity index is 0.935. The zero-order valence-electron chi connectivity index (χ0n) is 35.0. The van der Waals surface area contributed by atoms with Crippen molar-refractivity contribution in [2.75, 3.05) is 0 Å².